The first kappa shape index (κ1) is 21.8. The Kier molecular flexibility index (Phi) is 6.39. The van der Waals surface area contributed by atoms with Crippen molar-refractivity contribution in [3.63, 3.8) is 0 Å². The van der Waals surface area contributed by atoms with Gasteiger partial charge in [-0.2, -0.15) is 0 Å². The molecule has 0 bridgehead atoms. The van der Waals surface area contributed by atoms with Crippen LogP contribution in [0.3, 0.4) is 0 Å². The number of carbonyl (C=O) groups excluding carboxylic acids is 3. The van der Waals surface area contributed by atoms with Crippen LogP contribution in [-0.2, 0) is 14.3 Å². The number of halogens is 1. The van der Waals surface area contributed by atoms with Gasteiger partial charge in [0.05, 0.1) is 5.02 Å². The van der Waals surface area contributed by atoms with E-state index in [-0.39, 0.29) is 6.54 Å². The van der Waals surface area contributed by atoms with E-state index in [1.54, 1.807) is 6.07 Å². The van der Waals surface area contributed by atoms with E-state index in [1.807, 2.05) is 60.7 Å². The van der Waals surface area contributed by atoms with Gasteiger partial charge in [-0.15, -0.1) is 11.3 Å². The quantitative estimate of drug-likeness (QED) is 0.391. The zero-order chi connectivity index (χ0) is 22.7. The van der Waals surface area contributed by atoms with Crippen LogP contribution in [0.25, 0.3) is 20.9 Å². The molecule has 0 saturated heterocycles. The number of carbonyl (C=O) groups is 3. The predicted octanol–water partition coefficient (Wildman–Crippen LogP) is 5.01. The van der Waals surface area contributed by atoms with Crippen molar-refractivity contribution in [2.24, 2.45) is 0 Å². The summed E-state index contributed by atoms with van der Waals surface area (Å²) in [5.41, 5.74) is 0.601. The van der Waals surface area contributed by atoms with E-state index in [0.29, 0.717) is 15.6 Å². The second kappa shape index (κ2) is 9.38. The van der Waals surface area contributed by atoms with Gasteiger partial charge in [-0.05, 0) is 35.9 Å². The fraction of sp³-hybridized carbons (Fsp3) is 0.125. The maximum atomic E-state index is 12.4. The smallest absolute Gasteiger partial charge is 0.326 e. The molecule has 1 aromatic heterocycles. The highest BCUT2D eigenvalue weighted by Crippen LogP contribution is 2.34. The molecule has 0 aliphatic carbocycles. The third kappa shape index (κ3) is 4.74. The molecule has 0 aliphatic rings. The van der Waals surface area contributed by atoms with Crippen LogP contribution in [-0.4, -0.2) is 30.4 Å². The summed E-state index contributed by atoms with van der Waals surface area (Å²) in [6.45, 7) is 1.09. The summed E-state index contributed by atoms with van der Waals surface area (Å²) in [4.78, 5) is 37.3. The number of amides is 2. The third-order valence-electron chi connectivity index (χ3n) is 4.83. The molecule has 2 N–H and O–H groups in total. The lowest BCUT2D eigenvalue weighted by atomic mass is 10.1. The van der Waals surface area contributed by atoms with E-state index in [4.69, 9.17) is 16.3 Å². The van der Waals surface area contributed by atoms with Crippen LogP contribution in [0, 0.1) is 0 Å². The Balaban J connectivity index is 1.31. The SMILES string of the molecule is CC(OC(=O)CNC(=O)c1sc2ccccc2c1Cl)C(=O)Nc1ccc2ccccc2c1. The fourth-order valence-electron chi connectivity index (χ4n) is 3.20. The Labute approximate surface area is 193 Å². The molecule has 2 amide bonds. The number of hydrogen-bond acceptors (Lipinski definition) is 5. The van der Waals surface area contributed by atoms with Gasteiger partial charge in [-0.1, -0.05) is 60.1 Å². The number of esters is 1. The van der Waals surface area contributed by atoms with Gasteiger partial charge in [0.15, 0.2) is 6.10 Å². The van der Waals surface area contributed by atoms with Gasteiger partial charge in [-0.25, -0.2) is 0 Å². The molecule has 3 aromatic carbocycles. The molecule has 0 aliphatic heterocycles. The minimum absolute atomic E-state index is 0.322. The number of nitrogens with one attached hydrogen (secondary N) is 2. The van der Waals surface area contributed by atoms with Crippen LogP contribution in [0.1, 0.15) is 16.6 Å². The van der Waals surface area contributed by atoms with Gasteiger partial charge in [0.25, 0.3) is 11.8 Å². The molecule has 1 heterocycles. The molecular weight excluding hydrogens is 448 g/mol. The van der Waals surface area contributed by atoms with Crippen LogP contribution >= 0.6 is 22.9 Å². The molecular formula is C24H19ClN2O4S. The summed E-state index contributed by atoms with van der Waals surface area (Å²) >= 11 is 7.53. The molecule has 0 spiro atoms. The van der Waals surface area contributed by atoms with Crippen LogP contribution in [0.2, 0.25) is 5.02 Å². The van der Waals surface area contributed by atoms with Crippen molar-refractivity contribution in [2.45, 2.75) is 13.0 Å². The van der Waals surface area contributed by atoms with Crippen LogP contribution in [0.4, 0.5) is 5.69 Å². The normalized spacial score (nSPS) is 11.8. The Morgan fingerprint density at radius 2 is 1.72 bits per heavy atom. The zero-order valence-electron chi connectivity index (χ0n) is 17.1. The molecule has 0 radical (unpaired) electrons. The van der Waals surface area contributed by atoms with E-state index >= 15 is 0 Å². The van der Waals surface area contributed by atoms with Gasteiger partial charge >= 0.3 is 5.97 Å². The number of hydrogen-bond donors (Lipinski definition) is 2. The average molecular weight is 467 g/mol. The first-order valence-electron chi connectivity index (χ1n) is 9.87. The summed E-state index contributed by atoms with van der Waals surface area (Å²) in [5.74, 6) is -1.66. The largest absolute Gasteiger partial charge is 0.451 e. The van der Waals surface area contributed by atoms with Crippen LogP contribution in [0.15, 0.2) is 66.7 Å². The lowest BCUT2D eigenvalue weighted by molar-refractivity contribution is -0.152. The molecule has 4 aromatic rings. The number of anilines is 1. The Bertz CT molecular complexity index is 1330. The zero-order valence-corrected chi connectivity index (χ0v) is 18.6. The summed E-state index contributed by atoms with van der Waals surface area (Å²) in [6.07, 6.45) is -1.03. The molecule has 1 atom stereocenters. The van der Waals surface area contributed by atoms with E-state index in [0.717, 1.165) is 20.9 Å². The molecule has 1 unspecified atom stereocenters. The lowest BCUT2D eigenvalue weighted by Gasteiger charge is -2.14. The van der Waals surface area contributed by atoms with Crippen molar-refractivity contribution in [3.8, 4) is 0 Å². The maximum absolute atomic E-state index is 12.4. The number of ether oxygens (including phenoxy) is 1. The Morgan fingerprint density at radius 1 is 1.00 bits per heavy atom. The van der Waals surface area contributed by atoms with Crippen molar-refractivity contribution < 1.29 is 19.1 Å². The first-order valence-corrected chi connectivity index (χ1v) is 11.1. The number of fused-ring (bicyclic) bond motifs is 2. The molecule has 0 fully saturated rings. The first-order chi connectivity index (χ1) is 15.4. The number of benzene rings is 3. The molecule has 4 rings (SSSR count). The van der Waals surface area contributed by atoms with Crippen molar-refractivity contribution in [1.82, 2.24) is 5.32 Å². The van der Waals surface area contributed by atoms with Gasteiger partial charge in [0.2, 0.25) is 0 Å². The fourth-order valence-corrected chi connectivity index (χ4v) is 4.63. The van der Waals surface area contributed by atoms with E-state index in [2.05, 4.69) is 10.6 Å². The summed E-state index contributed by atoms with van der Waals surface area (Å²) in [6, 6.07) is 20.7. The topological polar surface area (TPSA) is 84.5 Å². The standard InChI is InChI=1S/C24H19ClN2O4S/c1-14(23(29)27-17-11-10-15-6-2-3-7-16(15)12-17)31-20(28)13-26-24(30)22-21(25)18-8-4-5-9-19(18)32-22/h2-12,14H,13H2,1H3,(H,26,30)(H,27,29). The third-order valence-corrected chi connectivity index (χ3v) is 6.50. The minimum Gasteiger partial charge on any atom is -0.451 e. The molecule has 32 heavy (non-hydrogen) atoms. The Hall–Kier alpha value is -3.42. The van der Waals surface area contributed by atoms with Gasteiger partial charge in [0.1, 0.15) is 11.4 Å². The van der Waals surface area contributed by atoms with Crippen molar-refractivity contribution in [1.29, 1.82) is 0 Å². The van der Waals surface area contributed by atoms with Crippen molar-refractivity contribution >= 4 is 67.3 Å². The highest BCUT2D eigenvalue weighted by atomic mass is 35.5. The second-order valence-corrected chi connectivity index (χ2v) is 8.54. The van der Waals surface area contributed by atoms with E-state index < -0.39 is 23.9 Å². The summed E-state index contributed by atoms with van der Waals surface area (Å²) < 4.78 is 6.03. The Morgan fingerprint density at radius 3 is 2.50 bits per heavy atom. The van der Waals surface area contributed by atoms with Crippen LogP contribution < -0.4 is 10.6 Å². The average Bonchev–Trinajstić information content (AvgIpc) is 3.14. The summed E-state index contributed by atoms with van der Waals surface area (Å²) in [7, 11) is 0. The monoisotopic (exact) mass is 466 g/mol. The molecule has 6 nitrogen and oxygen atoms in total. The highest BCUT2D eigenvalue weighted by molar-refractivity contribution is 7.21. The molecule has 0 saturated carbocycles. The van der Waals surface area contributed by atoms with E-state index in [1.165, 1.54) is 18.3 Å². The maximum Gasteiger partial charge on any atom is 0.326 e. The number of rotatable bonds is 6. The lowest BCUT2D eigenvalue weighted by Crippen LogP contribution is -2.35. The summed E-state index contributed by atoms with van der Waals surface area (Å²) in [5, 5.41) is 8.40. The van der Waals surface area contributed by atoms with E-state index in [9.17, 15) is 14.4 Å². The van der Waals surface area contributed by atoms with Gasteiger partial charge in [0, 0.05) is 15.8 Å². The van der Waals surface area contributed by atoms with Crippen molar-refractivity contribution in [2.75, 3.05) is 11.9 Å². The highest BCUT2D eigenvalue weighted by Gasteiger charge is 2.21. The van der Waals surface area contributed by atoms with Gasteiger partial charge < -0.3 is 15.4 Å². The van der Waals surface area contributed by atoms with Gasteiger partial charge in [-0.3, -0.25) is 14.4 Å². The second-order valence-electron chi connectivity index (χ2n) is 7.11. The minimum atomic E-state index is -1.03. The van der Waals surface area contributed by atoms with Crippen molar-refractivity contribution in [3.05, 3.63) is 76.6 Å². The predicted molar refractivity (Wildman–Crippen MR) is 127 cm³/mol. The van der Waals surface area contributed by atoms with Crippen LogP contribution in [0.5, 0.6) is 0 Å². The molecule has 162 valence electrons. The molecule has 8 heteroatoms. The number of thiophene rings is 1.